The number of amides is 1. The molecule has 0 heterocycles. The normalized spacial score (nSPS) is 14.6. The average molecular weight is 732 g/mol. The molecule has 0 aliphatic carbocycles. The Balaban J connectivity index is 4.36. The highest BCUT2D eigenvalue weighted by Crippen LogP contribution is 2.43. The largest absolute Gasteiger partial charge is 0.472 e. The van der Waals surface area contributed by atoms with Crippen molar-refractivity contribution in [2.45, 2.75) is 206 Å². The number of phosphoric acid groups is 1. The molecule has 3 atom stereocenters. The lowest BCUT2D eigenvalue weighted by Gasteiger charge is -2.25. The van der Waals surface area contributed by atoms with Crippen LogP contribution in [-0.2, 0) is 18.4 Å². The van der Waals surface area contributed by atoms with E-state index < -0.39 is 20.0 Å². The van der Waals surface area contributed by atoms with Crippen LogP contribution in [0.1, 0.15) is 194 Å². The van der Waals surface area contributed by atoms with Gasteiger partial charge in [0, 0.05) is 6.42 Å². The molecule has 0 aliphatic rings. The van der Waals surface area contributed by atoms with Gasteiger partial charge in [0.1, 0.15) is 13.2 Å². The molecule has 3 N–H and O–H groups in total. The monoisotopic (exact) mass is 732 g/mol. The van der Waals surface area contributed by atoms with Gasteiger partial charge in [-0.15, -0.1) is 0 Å². The minimum Gasteiger partial charge on any atom is -0.387 e. The average Bonchev–Trinajstić information content (AvgIpc) is 3.06. The number of allylic oxidation sites excluding steroid dienone is 1. The van der Waals surface area contributed by atoms with E-state index in [2.05, 4.69) is 19.2 Å². The first-order valence-electron chi connectivity index (χ1n) is 21.1. The number of hydrogen-bond donors (Lipinski definition) is 3. The molecule has 8 nitrogen and oxygen atoms in total. The summed E-state index contributed by atoms with van der Waals surface area (Å²) in [4.78, 5) is 23.0. The van der Waals surface area contributed by atoms with E-state index in [1.165, 1.54) is 141 Å². The Morgan fingerprint density at radius 1 is 0.660 bits per heavy atom. The molecule has 0 aromatic carbocycles. The van der Waals surface area contributed by atoms with Crippen molar-refractivity contribution in [3.63, 3.8) is 0 Å². The summed E-state index contributed by atoms with van der Waals surface area (Å²) < 4.78 is 23.5. The minimum atomic E-state index is -4.32. The molecule has 0 spiro atoms. The van der Waals surface area contributed by atoms with E-state index in [1.54, 1.807) is 6.08 Å². The van der Waals surface area contributed by atoms with Gasteiger partial charge < -0.3 is 19.8 Å². The first kappa shape index (κ1) is 49.2. The molecule has 0 saturated heterocycles. The summed E-state index contributed by atoms with van der Waals surface area (Å²) in [5.74, 6) is -0.180. The minimum absolute atomic E-state index is 0.0642. The number of unbranched alkanes of at least 4 members (excludes halogenated alkanes) is 25. The van der Waals surface area contributed by atoms with Crippen LogP contribution in [0.4, 0.5) is 0 Å². The van der Waals surface area contributed by atoms with Crippen molar-refractivity contribution >= 4 is 13.7 Å². The zero-order chi connectivity index (χ0) is 37.2. The molecule has 50 heavy (non-hydrogen) atoms. The second-order valence-corrected chi connectivity index (χ2v) is 17.2. The third-order valence-corrected chi connectivity index (χ3v) is 10.5. The number of aliphatic hydroxyl groups excluding tert-OH is 1. The predicted molar refractivity (Wildman–Crippen MR) is 212 cm³/mol. The number of carbonyl (C=O) groups excluding carboxylic acids is 1. The van der Waals surface area contributed by atoms with E-state index in [0.717, 1.165) is 32.1 Å². The van der Waals surface area contributed by atoms with Gasteiger partial charge in [0.2, 0.25) is 5.91 Å². The van der Waals surface area contributed by atoms with Crippen LogP contribution in [0.15, 0.2) is 12.2 Å². The molecule has 9 heteroatoms. The number of likely N-dealkylation sites (N-methyl/N-ethyl adjacent to an activating group) is 1. The third kappa shape index (κ3) is 35.6. The summed E-state index contributed by atoms with van der Waals surface area (Å²) in [5, 5.41) is 13.8. The van der Waals surface area contributed by atoms with Crippen molar-refractivity contribution in [2.24, 2.45) is 0 Å². The maximum atomic E-state index is 12.8. The van der Waals surface area contributed by atoms with Gasteiger partial charge >= 0.3 is 7.82 Å². The molecule has 0 bridgehead atoms. The lowest BCUT2D eigenvalue weighted by molar-refractivity contribution is -0.870. The second-order valence-electron chi connectivity index (χ2n) is 15.7. The van der Waals surface area contributed by atoms with Crippen molar-refractivity contribution in [3.8, 4) is 0 Å². The van der Waals surface area contributed by atoms with E-state index in [0.29, 0.717) is 17.4 Å². The van der Waals surface area contributed by atoms with E-state index in [1.807, 2.05) is 27.2 Å². The van der Waals surface area contributed by atoms with Crippen LogP contribution < -0.4 is 5.32 Å². The lowest BCUT2D eigenvalue weighted by atomic mass is 10.0. The number of phosphoric ester groups is 1. The summed E-state index contributed by atoms with van der Waals surface area (Å²) in [6.07, 6.45) is 37.1. The van der Waals surface area contributed by atoms with E-state index in [-0.39, 0.29) is 19.1 Å². The van der Waals surface area contributed by atoms with Gasteiger partial charge in [-0.1, -0.05) is 180 Å². The fourth-order valence-electron chi connectivity index (χ4n) is 6.10. The van der Waals surface area contributed by atoms with Crippen molar-refractivity contribution in [1.29, 1.82) is 0 Å². The quantitative estimate of drug-likeness (QED) is 0.0253. The van der Waals surface area contributed by atoms with E-state index in [9.17, 15) is 19.4 Å². The van der Waals surface area contributed by atoms with Gasteiger partial charge in [0.05, 0.1) is 39.9 Å². The van der Waals surface area contributed by atoms with Crippen LogP contribution in [0.3, 0.4) is 0 Å². The van der Waals surface area contributed by atoms with Crippen LogP contribution >= 0.6 is 7.82 Å². The van der Waals surface area contributed by atoms with Gasteiger partial charge in [-0.25, -0.2) is 4.57 Å². The summed E-state index contributed by atoms with van der Waals surface area (Å²) in [5.41, 5.74) is 0. The standard InChI is InChI=1S/C41H83N2O6P/c1-6-8-10-12-14-16-17-18-19-20-21-22-23-24-25-27-28-30-32-34-40(44)39(38-49-50(46,47)48-37-36-43(3,4)5)42-41(45)35-33-31-29-26-15-13-11-9-7-2/h32,34,39-40,44H,6-31,33,35-38H2,1-5H3,(H-,42,45,46,47)/p+1/b34-32+. The molecule has 0 aromatic heterocycles. The van der Waals surface area contributed by atoms with Gasteiger partial charge in [-0.3, -0.25) is 13.8 Å². The van der Waals surface area contributed by atoms with Gasteiger partial charge in [0.15, 0.2) is 0 Å². The maximum absolute atomic E-state index is 12.8. The van der Waals surface area contributed by atoms with Crippen LogP contribution in [0.25, 0.3) is 0 Å². The lowest BCUT2D eigenvalue weighted by Crippen LogP contribution is -2.45. The highest BCUT2D eigenvalue weighted by atomic mass is 31.2. The predicted octanol–water partition coefficient (Wildman–Crippen LogP) is 11.2. The van der Waals surface area contributed by atoms with E-state index >= 15 is 0 Å². The first-order valence-corrected chi connectivity index (χ1v) is 22.6. The van der Waals surface area contributed by atoms with Crippen LogP contribution in [0, 0.1) is 0 Å². The smallest absolute Gasteiger partial charge is 0.387 e. The molecular formula is C41H84N2O6P+. The maximum Gasteiger partial charge on any atom is 0.472 e. The molecule has 0 radical (unpaired) electrons. The Morgan fingerprint density at radius 3 is 1.48 bits per heavy atom. The Kier molecular flexibility index (Phi) is 33.5. The Labute approximate surface area is 310 Å². The number of quaternary nitrogens is 1. The number of carbonyl (C=O) groups is 1. The topological polar surface area (TPSA) is 105 Å². The van der Waals surface area contributed by atoms with Crippen LogP contribution in [0.2, 0.25) is 0 Å². The Morgan fingerprint density at radius 2 is 1.06 bits per heavy atom. The van der Waals surface area contributed by atoms with Crippen molar-refractivity contribution < 1.29 is 32.9 Å². The number of hydrogen-bond acceptors (Lipinski definition) is 5. The SMILES string of the molecule is CCCCCCCCCCCCCCCCCCC/C=C/C(O)C(COP(=O)(O)OCC[N+](C)(C)C)NC(=O)CCCCCCCCCCC. The summed E-state index contributed by atoms with van der Waals surface area (Å²) in [6.45, 7) is 4.79. The number of nitrogens with one attached hydrogen (secondary N) is 1. The molecule has 3 unspecified atom stereocenters. The Hall–Kier alpha value is -0.760. The number of aliphatic hydroxyl groups is 1. The second kappa shape index (κ2) is 34.0. The molecular weight excluding hydrogens is 647 g/mol. The van der Waals surface area contributed by atoms with Crippen molar-refractivity contribution in [2.75, 3.05) is 40.9 Å². The summed E-state index contributed by atoms with van der Waals surface area (Å²) in [7, 11) is 1.58. The van der Waals surface area contributed by atoms with E-state index in [4.69, 9.17) is 9.05 Å². The fourth-order valence-corrected chi connectivity index (χ4v) is 6.84. The zero-order valence-corrected chi connectivity index (χ0v) is 34.5. The molecule has 0 fully saturated rings. The van der Waals surface area contributed by atoms with Crippen LogP contribution in [0.5, 0.6) is 0 Å². The summed E-state index contributed by atoms with van der Waals surface area (Å²) in [6, 6.07) is -0.838. The molecule has 1 amide bonds. The zero-order valence-electron chi connectivity index (χ0n) is 33.7. The Bertz CT molecular complexity index is 834. The number of nitrogens with zero attached hydrogens (tertiary/aromatic N) is 1. The number of rotatable bonds is 38. The summed E-state index contributed by atoms with van der Waals surface area (Å²) >= 11 is 0. The molecule has 0 rings (SSSR count). The molecule has 0 aromatic rings. The van der Waals surface area contributed by atoms with Gasteiger partial charge in [-0.05, 0) is 19.3 Å². The molecule has 0 saturated carbocycles. The third-order valence-electron chi connectivity index (χ3n) is 9.51. The van der Waals surface area contributed by atoms with Crippen molar-refractivity contribution in [3.05, 3.63) is 12.2 Å². The highest BCUT2D eigenvalue weighted by Gasteiger charge is 2.27. The van der Waals surface area contributed by atoms with Gasteiger partial charge in [-0.2, -0.15) is 0 Å². The fraction of sp³-hybridized carbons (Fsp3) is 0.927. The van der Waals surface area contributed by atoms with Gasteiger partial charge in [0.25, 0.3) is 0 Å². The first-order chi connectivity index (χ1) is 24.0. The van der Waals surface area contributed by atoms with Crippen LogP contribution in [-0.4, -0.2) is 73.4 Å². The van der Waals surface area contributed by atoms with Crippen molar-refractivity contribution in [1.82, 2.24) is 5.32 Å². The molecule has 298 valence electrons. The highest BCUT2D eigenvalue weighted by molar-refractivity contribution is 7.47. The molecule has 0 aliphatic heterocycles.